The minimum absolute atomic E-state index is 0.00436. The van der Waals surface area contributed by atoms with E-state index in [4.69, 9.17) is 0 Å². The SMILES string of the molecule is CCCNC(=O)NC(=O)CSc1nc2ccccc2c(=O)n1CCC(=O)OC. The molecule has 0 unspecified atom stereocenters. The average Bonchev–Trinajstić information content (AvgIpc) is 2.69. The summed E-state index contributed by atoms with van der Waals surface area (Å²) in [4.78, 5) is 52.2. The van der Waals surface area contributed by atoms with Crippen molar-refractivity contribution in [2.45, 2.75) is 31.5 Å². The standard InChI is InChI=1S/C18H22N4O5S/c1-3-9-19-17(26)21-14(23)11-28-18-20-13-7-5-4-6-12(13)16(25)22(18)10-8-15(24)27-2/h4-7H,3,8-11H2,1-2H3,(H2,19,21,23,26). The fourth-order valence-electron chi connectivity index (χ4n) is 2.34. The molecule has 2 rings (SSSR count). The number of ether oxygens (including phenoxy) is 1. The van der Waals surface area contributed by atoms with Gasteiger partial charge in [-0.3, -0.25) is 24.3 Å². The molecule has 2 aromatic rings. The van der Waals surface area contributed by atoms with E-state index in [0.717, 1.165) is 18.2 Å². The minimum Gasteiger partial charge on any atom is -0.469 e. The maximum Gasteiger partial charge on any atom is 0.321 e. The van der Waals surface area contributed by atoms with Gasteiger partial charge in [0.15, 0.2) is 5.16 Å². The van der Waals surface area contributed by atoms with Crippen LogP contribution in [0.25, 0.3) is 10.9 Å². The van der Waals surface area contributed by atoms with Gasteiger partial charge in [-0.15, -0.1) is 0 Å². The van der Waals surface area contributed by atoms with Crippen molar-refractivity contribution in [2.75, 3.05) is 19.4 Å². The lowest BCUT2D eigenvalue weighted by molar-refractivity contribution is -0.140. The average molecular weight is 406 g/mol. The smallest absolute Gasteiger partial charge is 0.321 e. The number of carbonyl (C=O) groups is 3. The zero-order valence-electron chi connectivity index (χ0n) is 15.7. The maximum atomic E-state index is 12.8. The van der Waals surface area contributed by atoms with E-state index >= 15 is 0 Å². The molecule has 0 saturated heterocycles. The van der Waals surface area contributed by atoms with E-state index in [2.05, 4.69) is 20.4 Å². The van der Waals surface area contributed by atoms with Gasteiger partial charge in [0.2, 0.25) is 5.91 Å². The number of thioether (sulfide) groups is 1. The Morgan fingerprint density at radius 1 is 1.25 bits per heavy atom. The van der Waals surface area contributed by atoms with E-state index in [1.807, 2.05) is 6.92 Å². The second kappa shape index (κ2) is 10.5. The maximum absolute atomic E-state index is 12.8. The molecule has 0 aliphatic rings. The van der Waals surface area contributed by atoms with Crippen LogP contribution in [0.4, 0.5) is 4.79 Å². The van der Waals surface area contributed by atoms with Crippen LogP contribution in [0.2, 0.25) is 0 Å². The summed E-state index contributed by atoms with van der Waals surface area (Å²) < 4.78 is 5.96. The first-order valence-corrected chi connectivity index (χ1v) is 9.71. The lowest BCUT2D eigenvalue weighted by Gasteiger charge is -2.12. The largest absolute Gasteiger partial charge is 0.469 e. The predicted molar refractivity (Wildman–Crippen MR) is 105 cm³/mol. The number of para-hydroxylation sites is 1. The summed E-state index contributed by atoms with van der Waals surface area (Å²) in [5.41, 5.74) is 0.184. The molecule has 1 heterocycles. The third-order valence-corrected chi connectivity index (χ3v) is 4.69. The number of hydrogen-bond donors (Lipinski definition) is 2. The van der Waals surface area contributed by atoms with Crippen LogP contribution in [-0.4, -0.2) is 46.9 Å². The van der Waals surface area contributed by atoms with Gasteiger partial charge in [0, 0.05) is 13.1 Å². The highest BCUT2D eigenvalue weighted by molar-refractivity contribution is 7.99. The molecule has 28 heavy (non-hydrogen) atoms. The number of amides is 3. The molecular weight excluding hydrogens is 384 g/mol. The van der Waals surface area contributed by atoms with Crippen LogP contribution in [0.1, 0.15) is 19.8 Å². The zero-order valence-corrected chi connectivity index (χ0v) is 16.5. The fourth-order valence-corrected chi connectivity index (χ4v) is 3.16. The molecule has 0 aliphatic heterocycles. The third-order valence-electron chi connectivity index (χ3n) is 3.71. The number of fused-ring (bicyclic) bond motifs is 1. The van der Waals surface area contributed by atoms with Gasteiger partial charge in [-0.25, -0.2) is 9.78 Å². The molecule has 1 aromatic heterocycles. The molecular formula is C18H22N4O5S. The van der Waals surface area contributed by atoms with E-state index in [-0.39, 0.29) is 29.4 Å². The third kappa shape index (κ3) is 5.81. The van der Waals surface area contributed by atoms with Gasteiger partial charge in [0.1, 0.15) is 0 Å². The van der Waals surface area contributed by atoms with Crippen LogP contribution in [0.3, 0.4) is 0 Å². The van der Waals surface area contributed by atoms with Gasteiger partial charge in [0.05, 0.1) is 30.2 Å². The lowest BCUT2D eigenvalue weighted by Crippen LogP contribution is -2.40. The topological polar surface area (TPSA) is 119 Å². The van der Waals surface area contributed by atoms with Gasteiger partial charge >= 0.3 is 12.0 Å². The van der Waals surface area contributed by atoms with Crippen molar-refractivity contribution in [1.29, 1.82) is 0 Å². The molecule has 9 nitrogen and oxygen atoms in total. The van der Waals surface area contributed by atoms with Crippen LogP contribution in [0.15, 0.2) is 34.2 Å². The van der Waals surface area contributed by atoms with Gasteiger partial charge in [-0.1, -0.05) is 30.8 Å². The molecule has 0 aliphatic carbocycles. The van der Waals surface area contributed by atoms with Gasteiger partial charge < -0.3 is 10.1 Å². The normalized spacial score (nSPS) is 10.5. The lowest BCUT2D eigenvalue weighted by atomic mass is 10.2. The number of urea groups is 1. The predicted octanol–water partition coefficient (Wildman–Crippen LogP) is 1.29. The monoisotopic (exact) mass is 406 g/mol. The number of nitrogens with one attached hydrogen (secondary N) is 2. The van der Waals surface area contributed by atoms with Crippen molar-refractivity contribution in [3.05, 3.63) is 34.6 Å². The Balaban J connectivity index is 2.19. The molecule has 0 atom stereocenters. The van der Waals surface area contributed by atoms with E-state index in [0.29, 0.717) is 17.4 Å². The second-order valence-corrected chi connectivity index (χ2v) is 6.73. The summed E-state index contributed by atoms with van der Waals surface area (Å²) in [7, 11) is 1.27. The summed E-state index contributed by atoms with van der Waals surface area (Å²) in [6.45, 7) is 2.44. The number of carbonyl (C=O) groups excluding carboxylic acids is 3. The van der Waals surface area contributed by atoms with Gasteiger partial charge in [-0.2, -0.15) is 0 Å². The van der Waals surface area contributed by atoms with E-state index in [1.54, 1.807) is 24.3 Å². The van der Waals surface area contributed by atoms with Gasteiger partial charge in [0.25, 0.3) is 5.56 Å². The summed E-state index contributed by atoms with van der Waals surface area (Å²) >= 11 is 1.02. The number of nitrogens with zero attached hydrogens (tertiary/aromatic N) is 2. The molecule has 0 fully saturated rings. The van der Waals surface area contributed by atoms with Crippen molar-refractivity contribution in [2.24, 2.45) is 0 Å². The zero-order chi connectivity index (χ0) is 20.5. The minimum atomic E-state index is -0.568. The Bertz CT molecular complexity index is 928. The van der Waals surface area contributed by atoms with Gasteiger partial charge in [-0.05, 0) is 18.6 Å². The Kier molecular flexibility index (Phi) is 8.00. The molecule has 150 valence electrons. The molecule has 0 saturated carbocycles. The fraction of sp³-hybridized carbons (Fsp3) is 0.389. The van der Waals surface area contributed by atoms with Crippen molar-refractivity contribution < 1.29 is 19.1 Å². The number of hydrogen-bond acceptors (Lipinski definition) is 7. The highest BCUT2D eigenvalue weighted by atomic mass is 32.2. The van der Waals surface area contributed by atoms with Crippen molar-refractivity contribution in [3.8, 4) is 0 Å². The van der Waals surface area contributed by atoms with Crippen LogP contribution in [0, 0.1) is 0 Å². The number of benzene rings is 1. The molecule has 0 spiro atoms. The first-order chi connectivity index (χ1) is 13.5. The summed E-state index contributed by atoms with van der Waals surface area (Å²) in [6.07, 6.45) is 0.749. The van der Waals surface area contributed by atoms with E-state index in [9.17, 15) is 19.2 Å². The number of rotatable bonds is 8. The van der Waals surface area contributed by atoms with Crippen LogP contribution in [0.5, 0.6) is 0 Å². The Hall–Kier alpha value is -2.88. The highest BCUT2D eigenvalue weighted by Crippen LogP contribution is 2.18. The van der Waals surface area contributed by atoms with Crippen LogP contribution in [-0.2, 0) is 20.9 Å². The first-order valence-electron chi connectivity index (χ1n) is 8.73. The Morgan fingerprint density at radius 2 is 2.00 bits per heavy atom. The molecule has 0 radical (unpaired) electrons. The van der Waals surface area contributed by atoms with Crippen LogP contribution < -0.4 is 16.2 Å². The molecule has 10 heteroatoms. The summed E-state index contributed by atoms with van der Waals surface area (Å²) in [5, 5.41) is 5.46. The number of esters is 1. The molecule has 2 N–H and O–H groups in total. The molecule has 0 bridgehead atoms. The number of imide groups is 1. The van der Waals surface area contributed by atoms with E-state index in [1.165, 1.54) is 11.7 Å². The summed E-state index contributed by atoms with van der Waals surface area (Å²) in [5.74, 6) is -1.08. The van der Waals surface area contributed by atoms with E-state index < -0.39 is 17.9 Å². The quantitative estimate of drug-likeness (QED) is 0.385. The van der Waals surface area contributed by atoms with Crippen LogP contribution >= 0.6 is 11.8 Å². The molecule has 1 aromatic carbocycles. The Labute approximate surface area is 165 Å². The number of aromatic nitrogens is 2. The van der Waals surface area contributed by atoms with Crippen molar-refractivity contribution in [3.63, 3.8) is 0 Å². The second-order valence-electron chi connectivity index (χ2n) is 5.79. The van der Waals surface area contributed by atoms with Crippen molar-refractivity contribution >= 4 is 40.6 Å². The Morgan fingerprint density at radius 3 is 2.71 bits per heavy atom. The first kappa shape index (κ1) is 21.4. The molecule has 3 amide bonds. The number of methoxy groups -OCH3 is 1. The highest BCUT2D eigenvalue weighted by Gasteiger charge is 2.15. The summed E-state index contributed by atoms with van der Waals surface area (Å²) in [6, 6.07) is 6.27. The van der Waals surface area contributed by atoms with Crippen molar-refractivity contribution in [1.82, 2.24) is 20.2 Å².